The Morgan fingerprint density at radius 1 is 1.18 bits per heavy atom. The van der Waals surface area contributed by atoms with Crippen LogP contribution in [0.2, 0.25) is 0 Å². The predicted molar refractivity (Wildman–Crippen MR) is 111 cm³/mol. The molecule has 1 fully saturated rings. The summed E-state index contributed by atoms with van der Waals surface area (Å²) < 4.78 is 32.1. The topological polar surface area (TPSA) is 111 Å². The first-order chi connectivity index (χ1) is 12.9. The van der Waals surface area contributed by atoms with Crippen molar-refractivity contribution in [2.45, 2.75) is 36.6 Å². The van der Waals surface area contributed by atoms with E-state index in [2.05, 4.69) is 10.0 Å². The molecule has 0 saturated heterocycles. The van der Waals surface area contributed by atoms with Gasteiger partial charge in [0.05, 0.1) is 23.4 Å². The van der Waals surface area contributed by atoms with Gasteiger partial charge in [0.25, 0.3) is 0 Å². The highest BCUT2D eigenvalue weighted by Gasteiger charge is 2.27. The van der Waals surface area contributed by atoms with Crippen LogP contribution in [-0.4, -0.2) is 27.5 Å². The van der Waals surface area contributed by atoms with Crippen LogP contribution in [0.25, 0.3) is 0 Å². The molecule has 0 atom stereocenters. The molecule has 1 saturated carbocycles. The van der Waals surface area contributed by atoms with E-state index < -0.39 is 10.0 Å². The van der Waals surface area contributed by atoms with Gasteiger partial charge < -0.3 is 15.8 Å². The molecular formula is C19H24ClN3O4S. The second kappa shape index (κ2) is 9.27. The van der Waals surface area contributed by atoms with Crippen LogP contribution < -0.4 is 20.5 Å². The van der Waals surface area contributed by atoms with Gasteiger partial charge in [0.15, 0.2) is 0 Å². The number of carbonyl (C=O) groups is 1. The maximum Gasteiger partial charge on any atom is 0.240 e. The van der Waals surface area contributed by atoms with Gasteiger partial charge in [-0.2, -0.15) is 0 Å². The zero-order chi connectivity index (χ0) is 19.4. The number of nitrogens with one attached hydrogen (secondary N) is 2. The van der Waals surface area contributed by atoms with Crippen LogP contribution in [0, 0.1) is 0 Å². The molecule has 0 aliphatic heterocycles. The first-order valence-electron chi connectivity index (χ1n) is 8.72. The molecule has 152 valence electrons. The molecule has 4 N–H and O–H groups in total. The van der Waals surface area contributed by atoms with Gasteiger partial charge in [-0.05, 0) is 49.1 Å². The second-order valence-electron chi connectivity index (χ2n) is 6.54. The number of carbonyl (C=O) groups excluding carboxylic acids is 1. The molecular weight excluding hydrogens is 402 g/mol. The third kappa shape index (κ3) is 5.85. The summed E-state index contributed by atoms with van der Waals surface area (Å²) in [6.45, 7) is 0. The number of methoxy groups -OCH3 is 1. The minimum atomic E-state index is -3.45. The Morgan fingerprint density at radius 2 is 1.86 bits per heavy atom. The second-order valence-corrected chi connectivity index (χ2v) is 8.25. The Balaban J connectivity index is 0.00000280. The molecule has 9 heteroatoms. The highest BCUT2D eigenvalue weighted by atomic mass is 35.5. The van der Waals surface area contributed by atoms with Crippen LogP contribution in [0.4, 0.5) is 11.4 Å². The Labute approximate surface area is 171 Å². The number of rotatable bonds is 8. The van der Waals surface area contributed by atoms with Crippen molar-refractivity contribution in [3.63, 3.8) is 0 Å². The summed E-state index contributed by atoms with van der Waals surface area (Å²) in [5.74, 6) is 0.429. The highest BCUT2D eigenvalue weighted by Crippen LogP contribution is 2.25. The first-order valence-corrected chi connectivity index (χ1v) is 10.2. The zero-order valence-electron chi connectivity index (χ0n) is 15.5. The fraction of sp³-hybridized carbons (Fsp3) is 0.316. The van der Waals surface area contributed by atoms with Crippen LogP contribution in [0.15, 0.2) is 47.4 Å². The van der Waals surface area contributed by atoms with Crippen LogP contribution in [-0.2, 0) is 21.2 Å². The SMILES string of the molecule is COc1ccc(N)c(NC(=O)CCc2ccc(S(=O)(=O)NC3CC3)cc2)c1.Cl. The van der Waals surface area contributed by atoms with Crippen molar-refractivity contribution in [1.82, 2.24) is 4.72 Å². The number of ether oxygens (including phenoxy) is 1. The molecule has 1 aliphatic carbocycles. The lowest BCUT2D eigenvalue weighted by Gasteiger charge is -2.10. The zero-order valence-corrected chi connectivity index (χ0v) is 17.1. The maximum atomic E-state index is 12.2. The summed E-state index contributed by atoms with van der Waals surface area (Å²) in [7, 11) is -1.91. The highest BCUT2D eigenvalue weighted by molar-refractivity contribution is 7.89. The number of sulfonamides is 1. The molecule has 1 aliphatic rings. The van der Waals surface area contributed by atoms with Crippen molar-refractivity contribution in [3.8, 4) is 5.75 Å². The molecule has 0 radical (unpaired) electrons. The third-order valence-electron chi connectivity index (χ3n) is 4.31. The number of aryl methyl sites for hydroxylation is 1. The summed E-state index contributed by atoms with van der Waals surface area (Å²) >= 11 is 0. The van der Waals surface area contributed by atoms with E-state index in [9.17, 15) is 13.2 Å². The lowest BCUT2D eigenvalue weighted by atomic mass is 10.1. The monoisotopic (exact) mass is 425 g/mol. The van der Waals surface area contributed by atoms with Crippen molar-refractivity contribution < 1.29 is 17.9 Å². The fourth-order valence-electron chi connectivity index (χ4n) is 2.57. The summed E-state index contributed by atoms with van der Waals surface area (Å²) in [6, 6.07) is 11.7. The van der Waals surface area contributed by atoms with Gasteiger partial charge in [0.1, 0.15) is 5.75 Å². The van der Waals surface area contributed by atoms with E-state index in [1.54, 1.807) is 49.6 Å². The van der Waals surface area contributed by atoms with Crippen LogP contribution in [0.5, 0.6) is 5.75 Å². The number of nitrogens with two attached hydrogens (primary N) is 1. The van der Waals surface area contributed by atoms with E-state index in [1.165, 1.54) is 0 Å². The van der Waals surface area contributed by atoms with E-state index in [0.717, 1.165) is 18.4 Å². The molecule has 0 bridgehead atoms. The first kappa shape index (κ1) is 22.0. The largest absolute Gasteiger partial charge is 0.497 e. The Bertz CT molecular complexity index is 929. The number of benzene rings is 2. The van der Waals surface area contributed by atoms with Gasteiger partial charge >= 0.3 is 0 Å². The minimum Gasteiger partial charge on any atom is -0.497 e. The Morgan fingerprint density at radius 3 is 2.46 bits per heavy atom. The smallest absolute Gasteiger partial charge is 0.240 e. The maximum absolute atomic E-state index is 12.2. The fourth-order valence-corrected chi connectivity index (χ4v) is 3.87. The predicted octanol–water partition coefficient (Wildman–Crippen LogP) is 2.71. The molecule has 28 heavy (non-hydrogen) atoms. The molecule has 0 heterocycles. The summed E-state index contributed by atoms with van der Waals surface area (Å²) in [5.41, 5.74) is 7.71. The molecule has 2 aromatic rings. The van der Waals surface area contributed by atoms with Gasteiger partial charge in [-0.15, -0.1) is 12.4 Å². The number of amides is 1. The molecule has 0 spiro atoms. The lowest BCUT2D eigenvalue weighted by molar-refractivity contribution is -0.116. The number of hydrogen-bond donors (Lipinski definition) is 3. The van der Waals surface area contributed by atoms with Gasteiger partial charge in [-0.25, -0.2) is 13.1 Å². The number of anilines is 2. The Kier molecular flexibility index (Phi) is 7.29. The van der Waals surface area contributed by atoms with Crippen LogP contribution in [0.1, 0.15) is 24.8 Å². The van der Waals surface area contributed by atoms with E-state index in [-0.39, 0.29) is 35.7 Å². The van der Waals surface area contributed by atoms with Crippen molar-refractivity contribution in [2.75, 3.05) is 18.2 Å². The van der Waals surface area contributed by atoms with Crippen molar-refractivity contribution in [3.05, 3.63) is 48.0 Å². The normalized spacial score (nSPS) is 13.5. The molecule has 7 nitrogen and oxygen atoms in total. The molecule has 3 rings (SSSR count). The molecule has 2 aromatic carbocycles. The van der Waals surface area contributed by atoms with E-state index >= 15 is 0 Å². The average Bonchev–Trinajstić information content (AvgIpc) is 3.45. The minimum absolute atomic E-state index is 0. The summed E-state index contributed by atoms with van der Waals surface area (Å²) in [5, 5.41) is 2.77. The summed E-state index contributed by atoms with van der Waals surface area (Å²) in [4.78, 5) is 12.4. The van der Waals surface area contributed by atoms with Crippen LogP contribution in [0.3, 0.4) is 0 Å². The van der Waals surface area contributed by atoms with Crippen molar-refractivity contribution in [1.29, 1.82) is 0 Å². The van der Waals surface area contributed by atoms with Gasteiger partial charge in [-0.1, -0.05) is 12.1 Å². The van der Waals surface area contributed by atoms with E-state index in [4.69, 9.17) is 10.5 Å². The van der Waals surface area contributed by atoms with E-state index in [1.807, 2.05) is 0 Å². The van der Waals surface area contributed by atoms with E-state index in [0.29, 0.717) is 23.5 Å². The average molecular weight is 426 g/mol. The van der Waals surface area contributed by atoms with Crippen molar-refractivity contribution in [2.24, 2.45) is 0 Å². The van der Waals surface area contributed by atoms with Crippen LogP contribution >= 0.6 is 12.4 Å². The molecule has 1 amide bonds. The lowest BCUT2D eigenvalue weighted by Crippen LogP contribution is -2.25. The van der Waals surface area contributed by atoms with Gasteiger partial charge in [-0.3, -0.25) is 4.79 Å². The quantitative estimate of drug-likeness (QED) is 0.563. The molecule has 0 unspecified atom stereocenters. The number of hydrogen-bond acceptors (Lipinski definition) is 5. The third-order valence-corrected chi connectivity index (χ3v) is 5.84. The van der Waals surface area contributed by atoms with Gasteiger partial charge in [0, 0.05) is 18.5 Å². The Hall–Kier alpha value is -2.29. The summed E-state index contributed by atoms with van der Waals surface area (Å²) in [6.07, 6.45) is 2.53. The number of nitrogen functional groups attached to an aromatic ring is 1. The number of halogens is 1. The van der Waals surface area contributed by atoms with Gasteiger partial charge in [0.2, 0.25) is 15.9 Å². The molecule has 0 aromatic heterocycles. The van der Waals surface area contributed by atoms with Crippen molar-refractivity contribution >= 4 is 39.7 Å². The standard InChI is InChI=1S/C19H23N3O4S.ClH/c1-26-15-7-10-17(20)18(12-15)21-19(23)11-4-13-2-8-16(9-3-13)27(24,25)22-14-5-6-14;/h2-3,7-10,12,14,22H,4-6,11,20H2,1H3,(H,21,23);1H.